The van der Waals surface area contributed by atoms with Gasteiger partial charge in [0, 0.05) is 42.0 Å². The highest BCUT2D eigenvalue weighted by Gasteiger charge is 2.26. The molecule has 0 bridgehead atoms. The van der Waals surface area contributed by atoms with Crippen LogP contribution in [0.2, 0.25) is 5.02 Å². The minimum Gasteiger partial charge on any atom is -0.368 e. The average Bonchev–Trinajstić information content (AvgIpc) is 2.97. The molecule has 1 aliphatic heterocycles. The van der Waals surface area contributed by atoms with Gasteiger partial charge in [0.25, 0.3) is 5.91 Å². The van der Waals surface area contributed by atoms with Crippen molar-refractivity contribution in [2.24, 2.45) is 0 Å². The molecule has 0 N–H and O–H groups in total. The van der Waals surface area contributed by atoms with Gasteiger partial charge in [-0.2, -0.15) is 0 Å². The summed E-state index contributed by atoms with van der Waals surface area (Å²) < 4.78 is 14.1. The van der Waals surface area contributed by atoms with Gasteiger partial charge in [-0.25, -0.2) is 4.39 Å². The van der Waals surface area contributed by atoms with E-state index in [0.717, 1.165) is 18.5 Å². The molecule has 0 unspecified atom stereocenters. The van der Waals surface area contributed by atoms with E-state index in [4.69, 9.17) is 11.6 Å². The standard InChI is InChI=1S/C20H18ClFN2OS/c1-13-3-2-4-15(11-13)23-7-9-24(10-8-23)20(25)19-18(21)16-6-5-14(22)12-17(16)26-19/h2-6,11-12H,7-10H2,1H3. The first-order valence-electron chi connectivity index (χ1n) is 8.51. The monoisotopic (exact) mass is 388 g/mol. The third-order valence-corrected chi connectivity index (χ3v) is 6.36. The Hall–Kier alpha value is -2.11. The first-order valence-corrected chi connectivity index (χ1v) is 9.71. The fraction of sp³-hybridized carbons (Fsp3) is 0.250. The fourth-order valence-electron chi connectivity index (χ4n) is 3.31. The van der Waals surface area contributed by atoms with Crippen LogP contribution >= 0.6 is 22.9 Å². The molecule has 0 spiro atoms. The number of hydrogen-bond donors (Lipinski definition) is 0. The third kappa shape index (κ3) is 3.17. The van der Waals surface area contributed by atoms with Gasteiger partial charge >= 0.3 is 0 Å². The Kier molecular flexibility index (Phi) is 4.59. The molecule has 6 heteroatoms. The maximum absolute atomic E-state index is 13.4. The number of amides is 1. The SMILES string of the molecule is Cc1cccc(N2CCN(C(=O)c3sc4cc(F)ccc4c3Cl)CC2)c1. The summed E-state index contributed by atoms with van der Waals surface area (Å²) in [4.78, 5) is 17.5. The number of rotatable bonds is 2. The van der Waals surface area contributed by atoms with E-state index < -0.39 is 0 Å². The molecule has 1 saturated heterocycles. The van der Waals surface area contributed by atoms with E-state index in [0.29, 0.717) is 27.7 Å². The zero-order valence-corrected chi connectivity index (χ0v) is 15.9. The van der Waals surface area contributed by atoms with Crippen molar-refractivity contribution in [1.29, 1.82) is 0 Å². The Morgan fingerprint density at radius 1 is 1.12 bits per heavy atom. The minimum atomic E-state index is -0.318. The van der Waals surface area contributed by atoms with Gasteiger partial charge in [-0.3, -0.25) is 4.79 Å². The van der Waals surface area contributed by atoms with Crippen LogP contribution in [0.5, 0.6) is 0 Å². The zero-order valence-electron chi connectivity index (χ0n) is 14.3. The fourth-order valence-corrected chi connectivity index (χ4v) is 4.82. The first kappa shape index (κ1) is 17.3. The third-order valence-electron chi connectivity index (χ3n) is 4.72. The van der Waals surface area contributed by atoms with Gasteiger partial charge in [-0.05, 0) is 42.8 Å². The van der Waals surface area contributed by atoms with Crippen LogP contribution < -0.4 is 4.90 Å². The van der Waals surface area contributed by atoms with Crippen LogP contribution in [0.25, 0.3) is 10.1 Å². The van der Waals surface area contributed by atoms with Crippen molar-refractivity contribution in [3.8, 4) is 0 Å². The van der Waals surface area contributed by atoms with Gasteiger partial charge in [0.1, 0.15) is 10.7 Å². The van der Waals surface area contributed by atoms with Gasteiger partial charge in [-0.1, -0.05) is 23.7 Å². The summed E-state index contributed by atoms with van der Waals surface area (Å²) in [6, 6.07) is 12.8. The Morgan fingerprint density at radius 3 is 2.62 bits per heavy atom. The largest absolute Gasteiger partial charge is 0.368 e. The summed E-state index contributed by atoms with van der Waals surface area (Å²) in [7, 11) is 0. The molecule has 1 amide bonds. The van der Waals surface area contributed by atoms with E-state index in [1.165, 1.54) is 34.7 Å². The van der Waals surface area contributed by atoms with Gasteiger partial charge < -0.3 is 9.80 Å². The lowest BCUT2D eigenvalue weighted by Gasteiger charge is -2.36. The first-order chi connectivity index (χ1) is 12.5. The highest BCUT2D eigenvalue weighted by Crippen LogP contribution is 2.36. The summed E-state index contributed by atoms with van der Waals surface area (Å²) >= 11 is 7.66. The molecule has 0 saturated carbocycles. The molecule has 3 aromatic rings. The van der Waals surface area contributed by atoms with E-state index in [9.17, 15) is 9.18 Å². The molecule has 1 fully saturated rings. The van der Waals surface area contributed by atoms with Crippen molar-refractivity contribution >= 4 is 44.6 Å². The van der Waals surface area contributed by atoms with Gasteiger partial charge in [0.15, 0.2) is 0 Å². The molecule has 0 aliphatic carbocycles. The lowest BCUT2D eigenvalue weighted by Crippen LogP contribution is -2.48. The molecule has 1 aliphatic rings. The Balaban J connectivity index is 1.51. The Morgan fingerprint density at radius 2 is 1.88 bits per heavy atom. The number of fused-ring (bicyclic) bond motifs is 1. The molecular weight excluding hydrogens is 371 g/mol. The van der Waals surface area contributed by atoms with Crippen molar-refractivity contribution < 1.29 is 9.18 Å². The van der Waals surface area contributed by atoms with Gasteiger partial charge in [0.2, 0.25) is 0 Å². The van der Waals surface area contributed by atoms with Crippen molar-refractivity contribution in [3.05, 3.63) is 63.7 Å². The molecular formula is C20H18ClFN2OS. The summed E-state index contributed by atoms with van der Waals surface area (Å²) in [5.74, 6) is -0.387. The number of halogens is 2. The second-order valence-corrected chi connectivity index (χ2v) is 7.93. The van der Waals surface area contributed by atoms with Crippen LogP contribution in [0, 0.1) is 12.7 Å². The maximum atomic E-state index is 13.4. The van der Waals surface area contributed by atoms with Crippen molar-refractivity contribution in [1.82, 2.24) is 4.90 Å². The predicted octanol–water partition coefficient (Wildman–Crippen LogP) is 4.96. The van der Waals surface area contributed by atoms with Crippen LogP contribution in [0.15, 0.2) is 42.5 Å². The number of thiophene rings is 1. The molecule has 2 aromatic carbocycles. The lowest BCUT2D eigenvalue weighted by molar-refractivity contribution is 0.0752. The van der Waals surface area contributed by atoms with Crippen LogP contribution in [0.1, 0.15) is 15.2 Å². The molecule has 26 heavy (non-hydrogen) atoms. The molecule has 0 radical (unpaired) electrons. The number of benzene rings is 2. The molecule has 0 atom stereocenters. The number of carbonyl (C=O) groups excluding carboxylic acids is 1. The number of anilines is 1. The predicted molar refractivity (Wildman–Crippen MR) is 106 cm³/mol. The van der Waals surface area contributed by atoms with Crippen molar-refractivity contribution in [3.63, 3.8) is 0 Å². The van der Waals surface area contributed by atoms with Crippen LogP contribution in [-0.2, 0) is 0 Å². The van der Waals surface area contributed by atoms with E-state index >= 15 is 0 Å². The van der Waals surface area contributed by atoms with Crippen molar-refractivity contribution in [2.75, 3.05) is 31.1 Å². The number of hydrogen-bond acceptors (Lipinski definition) is 3. The number of piperazine rings is 1. The number of nitrogens with zero attached hydrogens (tertiary/aromatic N) is 2. The van der Waals surface area contributed by atoms with Crippen molar-refractivity contribution in [2.45, 2.75) is 6.92 Å². The van der Waals surface area contributed by atoms with Gasteiger partial charge in [-0.15, -0.1) is 11.3 Å². The number of carbonyl (C=O) groups is 1. The zero-order chi connectivity index (χ0) is 18.3. The van der Waals surface area contributed by atoms with Crippen LogP contribution in [0.4, 0.5) is 10.1 Å². The van der Waals surface area contributed by atoms with Crippen LogP contribution in [-0.4, -0.2) is 37.0 Å². The number of aryl methyl sites for hydroxylation is 1. The normalized spacial score (nSPS) is 14.9. The Labute approximate surface area is 160 Å². The summed E-state index contributed by atoms with van der Waals surface area (Å²) in [5, 5.41) is 1.16. The van der Waals surface area contributed by atoms with E-state index in [-0.39, 0.29) is 11.7 Å². The second kappa shape index (κ2) is 6.89. The lowest BCUT2D eigenvalue weighted by atomic mass is 10.2. The average molecular weight is 389 g/mol. The minimum absolute atomic E-state index is 0.0690. The quantitative estimate of drug-likeness (QED) is 0.619. The van der Waals surface area contributed by atoms with E-state index in [1.807, 2.05) is 4.90 Å². The van der Waals surface area contributed by atoms with Crippen LogP contribution in [0.3, 0.4) is 0 Å². The van der Waals surface area contributed by atoms with E-state index in [1.54, 1.807) is 6.07 Å². The molecule has 134 valence electrons. The topological polar surface area (TPSA) is 23.6 Å². The molecule has 2 heterocycles. The maximum Gasteiger partial charge on any atom is 0.265 e. The highest BCUT2D eigenvalue weighted by molar-refractivity contribution is 7.21. The van der Waals surface area contributed by atoms with E-state index in [2.05, 4.69) is 36.1 Å². The molecule has 3 nitrogen and oxygen atoms in total. The Bertz CT molecular complexity index is 979. The molecule has 4 rings (SSSR count). The summed E-state index contributed by atoms with van der Waals surface area (Å²) in [6.45, 7) is 4.94. The smallest absolute Gasteiger partial charge is 0.265 e. The molecule has 1 aromatic heterocycles. The second-order valence-electron chi connectivity index (χ2n) is 6.50. The summed E-state index contributed by atoms with van der Waals surface area (Å²) in [6.07, 6.45) is 0. The highest BCUT2D eigenvalue weighted by atomic mass is 35.5. The summed E-state index contributed by atoms with van der Waals surface area (Å²) in [5.41, 5.74) is 2.41. The van der Waals surface area contributed by atoms with Gasteiger partial charge in [0.05, 0.1) is 5.02 Å².